The van der Waals surface area contributed by atoms with Gasteiger partial charge in [0.25, 0.3) is 0 Å². The summed E-state index contributed by atoms with van der Waals surface area (Å²) in [5, 5.41) is 15.8. The summed E-state index contributed by atoms with van der Waals surface area (Å²) in [5.41, 5.74) is 1.66. The zero-order valence-electron chi connectivity index (χ0n) is 17.8. The standard InChI is InChI=1S/C23H29N5O2/c1-23(2,27-15-22(29)28-12-6-7-18(28)13-24)16-26-21-11-10-17(14-25-21)19-8-4-5-9-20(19)30-3/h4-5,8-11,14,18,27H,6-7,12,15-16H2,1-3H3,(H,25,26)/t18-/m0/s1. The first-order valence-corrected chi connectivity index (χ1v) is 10.2. The lowest BCUT2D eigenvalue weighted by Gasteiger charge is -2.28. The number of para-hydroxylation sites is 1. The Hall–Kier alpha value is -3.11. The maximum Gasteiger partial charge on any atom is 0.237 e. The highest BCUT2D eigenvalue weighted by molar-refractivity contribution is 5.79. The van der Waals surface area contributed by atoms with Crippen molar-refractivity contribution in [2.45, 2.75) is 38.3 Å². The van der Waals surface area contributed by atoms with Gasteiger partial charge in [-0.1, -0.05) is 18.2 Å². The molecule has 0 bridgehead atoms. The smallest absolute Gasteiger partial charge is 0.237 e. The average Bonchev–Trinajstić information content (AvgIpc) is 3.25. The summed E-state index contributed by atoms with van der Waals surface area (Å²) < 4.78 is 5.42. The number of pyridine rings is 1. The molecule has 1 aliphatic heterocycles. The molecule has 1 aromatic heterocycles. The Balaban J connectivity index is 1.53. The van der Waals surface area contributed by atoms with Crippen LogP contribution in [0.15, 0.2) is 42.6 Å². The van der Waals surface area contributed by atoms with Gasteiger partial charge < -0.3 is 20.3 Å². The quantitative estimate of drug-likeness (QED) is 0.699. The number of anilines is 1. The average molecular weight is 408 g/mol. The second kappa shape index (κ2) is 9.59. The number of carbonyl (C=O) groups is 1. The molecule has 7 nitrogen and oxygen atoms in total. The maximum atomic E-state index is 12.4. The van der Waals surface area contributed by atoms with Gasteiger partial charge in [0.15, 0.2) is 0 Å². The van der Waals surface area contributed by atoms with E-state index < -0.39 is 0 Å². The van der Waals surface area contributed by atoms with E-state index in [0.717, 1.165) is 35.5 Å². The fourth-order valence-corrected chi connectivity index (χ4v) is 3.53. The molecule has 158 valence electrons. The van der Waals surface area contributed by atoms with Gasteiger partial charge in [0.1, 0.15) is 17.6 Å². The van der Waals surface area contributed by atoms with E-state index in [2.05, 4.69) is 21.7 Å². The Kier molecular flexibility index (Phi) is 6.91. The van der Waals surface area contributed by atoms with Crippen LogP contribution in [-0.2, 0) is 4.79 Å². The third-order valence-electron chi connectivity index (χ3n) is 5.33. The summed E-state index contributed by atoms with van der Waals surface area (Å²) in [5.74, 6) is 1.55. The molecule has 1 aromatic carbocycles. The highest BCUT2D eigenvalue weighted by Gasteiger charge is 2.29. The molecule has 1 atom stereocenters. The lowest BCUT2D eigenvalue weighted by Crippen LogP contribution is -2.50. The molecule has 1 aliphatic rings. The SMILES string of the molecule is COc1ccccc1-c1ccc(NCC(C)(C)NCC(=O)N2CCC[C@H]2C#N)nc1. The highest BCUT2D eigenvalue weighted by Crippen LogP contribution is 2.29. The number of rotatable bonds is 8. The Morgan fingerprint density at radius 3 is 2.83 bits per heavy atom. The molecule has 2 N–H and O–H groups in total. The Labute approximate surface area is 178 Å². The number of benzene rings is 1. The number of methoxy groups -OCH3 is 1. The van der Waals surface area contributed by atoms with Crippen molar-refractivity contribution < 1.29 is 9.53 Å². The number of hydrogen-bond acceptors (Lipinski definition) is 6. The van der Waals surface area contributed by atoms with Crippen LogP contribution in [0.5, 0.6) is 5.75 Å². The van der Waals surface area contributed by atoms with E-state index in [1.54, 1.807) is 12.0 Å². The summed E-state index contributed by atoms with van der Waals surface area (Å²) in [6.07, 6.45) is 3.48. The summed E-state index contributed by atoms with van der Waals surface area (Å²) in [7, 11) is 1.66. The van der Waals surface area contributed by atoms with Crippen molar-refractivity contribution in [2.75, 3.05) is 32.1 Å². The molecule has 30 heavy (non-hydrogen) atoms. The van der Waals surface area contributed by atoms with E-state index in [4.69, 9.17) is 10.00 Å². The number of amides is 1. The maximum absolute atomic E-state index is 12.4. The number of nitriles is 1. The van der Waals surface area contributed by atoms with E-state index in [1.807, 2.05) is 56.4 Å². The van der Waals surface area contributed by atoms with Crippen LogP contribution in [0.3, 0.4) is 0 Å². The first-order valence-electron chi connectivity index (χ1n) is 10.2. The predicted molar refractivity (Wildman–Crippen MR) is 117 cm³/mol. The van der Waals surface area contributed by atoms with E-state index >= 15 is 0 Å². The molecule has 7 heteroatoms. The molecule has 1 fully saturated rings. The van der Waals surface area contributed by atoms with Gasteiger partial charge in [0, 0.05) is 36.0 Å². The second-order valence-electron chi connectivity index (χ2n) is 8.10. The van der Waals surface area contributed by atoms with Crippen LogP contribution in [0.4, 0.5) is 5.82 Å². The van der Waals surface area contributed by atoms with Crippen LogP contribution < -0.4 is 15.4 Å². The summed E-state index contributed by atoms with van der Waals surface area (Å²) in [6, 6.07) is 13.7. The number of likely N-dealkylation sites (tertiary alicyclic amines) is 1. The number of aromatic nitrogens is 1. The fraction of sp³-hybridized carbons (Fsp3) is 0.435. The van der Waals surface area contributed by atoms with E-state index in [1.165, 1.54) is 0 Å². The van der Waals surface area contributed by atoms with Crippen LogP contribution >= 0.6 is 0 Å². The highest BCUT2D eigenvalue weighted by atomic mass is 16.5. The molecule has 0 radical (unpaired) electrons. The lowest BCUT2D eigenvalue weighted by atomic mass is 10.1. The largest absolute Gasteiger partial charge is 0.496 e. The summed E-state index contributed by atoms with van der Waals surface area (Å²) in [6.45, 7) is 5.54. The fourth-order valence-electron chi connectivity index (χ4n) is 3.53. The molecule has 0 saturated carbocycles. The minimum Gasteiger partial charge on any atom is -0.496 e. The van der Waals surface area contributed by atoms with Crippen molar-refractivity contribution in [3.05, 3.63) is 42.6 Å². The number of carbonyl (C=O) groups excluding carboxylic acids is 1. The first kappa shape index (κ1) is 21.6. The number of nitrogens with one attached hydrogen (secondary N) is 2. The molecule has 2 heterocycles. The molecular weight excluding hydrogens is 378 g/mol. The second-order valence-corrected chi connectivity index (χ2v) is 8.10. The van der Waals surface area contributed by atoms with Gasteiger partial charge in [0.2, 0.25) is 5.91 Å². The van der Waals surface area contributed by atoms with Gasteiger partial charge in [-0.25, -0.2) is 4.98 Å². The van der Waals surface area contributed by atoms with Crippen LogP contribution in [0.1, 0.15) is 26.7 Å². The van der Waals surface area contributed by atoms with Gasteiger partial charge in [-0.05, 0) is 44.9 Å². The molecular formula is C23H29N5O2. The van der Waals surface area contributed by atoms with Crippen molar-refractivity contribution in [3.8, 4) is 22.9 Å². The van der Waals surface area contributed by atoms with Crippen molar-refractivity contribution in [1.29, 1.82) is 5.26 Å². The van der Waals surface area contributed by atoms with Crippen molar-refractivity contribution in [3.63, 3.8) is 0 Å². The molecule has 0 unspecified atom stereocenters. The van der Waals surface area contributed by atoms with Crippen molar-refractivity contribution in [1.82, 2.24) is 15.2 Å². The predicted octanol–water partition coefficient (Wildman–Crippen LogP) is 3.05. The Morgan fingerprint density at radius 2 is 2.13 bits per heavy atom. The van der Waals surface area contributed by atoms with E-state index in [-0.39, 0.29) is 24.0 Å². The van der Waals surface area contributed by atoms with Crippen LogP contribution in [0, 0.1) is 11.3 Å². The van der Waals surface area contributed by atoms with E-state index in [9.17, 15) is 4.79 Å². The first-order chi connectivity index (χ1) is 14.4. The number of nitrogens with zero attached hydrogens (tertiary/aromatic N) is 3. The molecule has 3 rings (SSSR count). The van der Waals surface area contributed by atoms with Gasteiger partial charge in [-0.2, -0.15) is 5.26 Å². The lowest BCUT2D eigenvalue weighted by molar-refractivity contribution is -0.130. The monoisotopic (exact) mass is 407 g/mol. The van der Waals surface area contributed by atoms with Crippen molar-refractivity contribution in [2.24, 2.45) is 0 Å². The third-order valence-corrected chi connectivity index (χ3v) is 5.33. The molecule has 2 aromatic rings. The summed E-state index contributed by atoms with van der Waals surface area (Å²) >= 11 is 0. The van der Waals surface area contributed by atoms with Crippen LogP contribution in [0.2, 0.25) is 0 Å². The molecule has 0 spiro atoms. The minimum absolute atomic E-state index is 0.0218. The van der Waals surface area contributed by atoms with Gasteiger partial charge in [-0.3, -0.25) is 4.79 Å². The van der Waals surface area contributed by atoms with Gasteiger partial charge >= 0.3 is 0 Å². The third kappa shape index (κ3) is 5.28. The van der Waals surface area contributed by atoms with E-state index in [0.29, 0.717) is 13.1 Å². The van der Waals surface area contributed by atoms with Gasteiger partial charge in [-0.15, -0.1) is 0 Å². The minimum atomic E-state index is -0.319. The normalized spacial score (nSPS) is 16.2. The molecule has 1 saturated heterocycles. The zero-order chi connectivity index (χ0) is 21.6. The number of ether oxygens (including phenoxy) is 1. The summed E-state index contributed by atoms with van der Waals surface area (Å²) in [4.78, 5) is 18.6. The topological polar surface area (TPSA) is 90.3 Å². The number of hydrogen-bond donors (Lipinski definition) is 2. The molecule has 0 aliphatic carbocycles. The van der Waals surface area contributed by atoms with Crippen molar-refractivity contribution >= 4 is 11.7 Å². The van der Waals surface area contributed by atoms with Crippen LogP contribution in [-0.4, -0.2) is 54.1 Å². The Morgan fingerprint density at radius 1 is 1.33 bits per heavy atom. The van der Waals surface area contributed by atoms with Crippen LogP contribution in [0.25, 0.3) is 11.1 Å². The van der Waals surface area contributed by atoms with Gasteiger partial charge in [0.05, 0.1) is 19.7 Å². The molecule has 1 amide bonds. The zero-order valence-corrected chi connectivity index (χ0v) is 17.8. The Bertz CT molecular complexity index is 905.